The van der Waals surface area contributed by atoms with Crippen LogP contribution in [0.15, 0.2) is 36.4 Å². The highest BCUT2D eigenvalue weighted by Gasteiger charge is 2.05. The fourth-order valence-electron chi connectivity index (χ4n) is 1.02. The molecule has 7 heteroatoms. The number of carboxylic acid groups (broad SMARTS) is 2. The van der Waals surface area contributed by atoms with Crippen LogP contribution in [-0.2, 0) is 14.3 Å². The van der Waals surface area contributed by atoms with Crippen LogP contribution in [0.2, 0.25) is 0 Å². The average Bonchev–Trinajstić information content (AvgIpc) is 2.44. The lowest BCUT2D eigenvalue weighted by molar-refractivity contribution is -0.134. The Labute approximate surface area is 121 Å². The molecule has 0 aliphatic rings. The zero-order valence-electron chi connectivity index (χ0n) is 11.4. The summed E-state index contributed by atoms with van der Waals surface area (Å²) in [6.07, 6.45) is 1.93. The molecule has 0 amide bonds. The Morgan fingerprint density at radius 2 is 1.52 bits per heavy atom. The van der Waals surface area contributed by atoms with Crippen molar-refractivity contribution in [3.05, 3.63) is 42.0 Å². The number of aromatic hydroxyl groups is 1. The van der Waals surface area contributed by atoms with Gasteiger partial charge in [0.2, 0.25) is 0 Å². The Hall–Kier alpha value is -2.83. The minimum Gasteiger partial charge on any atom is -0.508 e. The number of hydrogen-bond donors (Lipinski definition) is 3. The maximum absolute atomic E-state index is 11.2. The largest absolute Gasteiger partial charge is 0.508 e. The average molecular weight is 296 g/mol. The van der Waals surface area contributed by atoms with Gasteiger partial charge in [-0.2, -0.15) is 0 Å². The lowest BCUT2D eigenvalue weighted by atomic mass is 10.2. The summed E-state index contributed by atoms with van der Waals surface area (Å²) in [6.45, 7) is 2.36. The van der Waals surface area contributed by atoms with Gasteiger partial charge in [-0.05, 0) is 30.7 Å². The number of phenols is 1. The smallest absolute Gasteiger partial charge is 0.338 e. The number of benzene rings is 1. The fourth-order valence-corrected chi connectivity index (χ4v) is 1.02. The number of esters is 1. The monoisotopic (exact) mass is 296 g/mol. The zero-order chi connectivity index (χ0) is 16.3. The molecule has 0 bridgehead atoms. The quantitative estimate of drug-likeness (QED) is 0.558. The first-order chi connectivity index (χ1) is 9.86. The van der Waals surface area contributed by atoms with Crippen molar-refractivity contribution < 1.29 is 34.4 Å². The SMILES string of the molecule is CCCOC(=O)c1ccc(O)cc1.O=C(O)C=CC(=O)O. The topological polar surface area (TPSA) is 121 Å². The van der Waals surface area contributed by atoms with Gasteiger partial charge in [-0.25, -0.2) is 14.4 Å². The van der Waals surface area contributed by atoms with E-state index in [0.717, 1.165) is 6.42 Å². The normalized spacial score (nSPS) is 9.57. The van der Waals surface area contributed by atoms with Gasteiger partial charge < -0.3 is 20.1 Å². The molecule has 7 nitrogen and oxygen atoms in total. The van der Waals surface area contributed by atoms with Crippen molar-refractivity contribution in [1.82, 2.24) is 0 Å². The van der Waals surface area contributed by atoms with Crippen molar-refractivity contribution in [2.24, 2.45) is 0 Å². The highest BCUT2D eigenvalue weighted by molar-refractivity contribution is 5.90. The van der Waals surface area contributed by atoms with Gasteiger partial charge in [0.1, 0.15) is 5.75 Å². The van der Waals surface area contributed by atoms with Crippen LogP contribution in [0.4, 0.5) is 0 Å². The van der Waals surface area contributed by atoms with Crippen LogP contribution < -0.4 is 0 Å². The first-order valence-corrected chi connectivity index (χ1v) is 5.97. The molecule has 1 aromatic rings. The minimum absolute atomic E-state index is 0.145. The number of rotatable bonds is 5. The number of phenolic OH excluding ortho intramolecular Hbond substituents is 1. The maximum Gasteiger partial charge on any atom is 0.338 e. The van der Waals surface area contributed by atoms with Crippen molar-refractivity contribution in [1.29, 1.82) is 0 Å². The van der Waals surface area contributed by atoms with E-state index in [9.17, 15) is 14.4 Å². The molecule has 0 heterocycles. The number of hydrogen-bond acceptors (Lipinski definition) is 5. The second-order valence-electron chi connectivity index (χ2n) is 3.69. The third-order valence-electron chi connectivity index (χ3n) is 1.91. The predicted octanol–water partition coefficient (Wildman–Crippen LogP) is 1.67. The van der Waals surface area contributed by atoms with Gasteiger partial charge in [0.05, 0.1) is 12.2 Å². The van der Waals surface area contributed by atoms with Crippen molar-refractivity contribution >= 4 is 17.9 Å². The summed E-state index contributed by atoms with van der Waals surface area (Å²) in [6, 6.07) is 5.99. The minimum atomic E-state index is -1.26. The second-order valence-corrected chi connectivity index (χ2v) is 3.69. The first kappa shape index (κ1) is 18.2. The number of ether oxygens (including phenoxy) is 1. The van der Waals surface area contributed by atoms with E-state index in [0.29, 0.717) is 24.3 Å². The van der Waals surface area contributed by atoms with Gasteiger partial charge in [0.15, 0.2) is 0 Å². The van der Waals surface area contributed by atoms with Gasteiger partial charge >= 0.3 is 17.9 Å². The third-order valence-corrected chi connectivity index (χ3v) is 1.91. The van der Waals surface area contributed by atoms with Gasteiger partial charge in [0, 0.05) is 12.2 Å². The number of carbonyl (C=O) groups excluding carboxylic acids is 1. The molecular weight excluding hydrogens is 280 g/mol. The molecule has 0 radical (unpaired) electrons. The molecular formula is C14H16O7. The highest BCUT2D eigenvalue weighted by atomic mass is 16.5. The van der Waals surface area contributed by atoms with E-state index in [1.54, 1.807) is 0 Å². The molecule has 0 aliphatic carbocycles. The second kappa shape index (κ2) is 10.0. The Kier molecular flexibility index (Phi) is 8.67. The Bertz CT molecular complexity index is 487. The molecule has 114 valence electrons. The van der Waals surface area contributed by atoms with E-state index in [4.69, 9.17) is 20.1 Å². The van der Waals surface area contributed by atoms with Crippen molar-refractivity contribution in [3.8, 4) is 5.75 Å². The van der Waals surface area contributed by atoms with E-state index in [2.05, 4.69) is 0 Å². The number of aliphatic carboxylic acids is 2. The van der Waals surface area contributed by atoms with Crippen LogP contribution in [0.25, 0.3) is 0 Å². The molecule has 0 aromatic heterocycles. The molecule has 0 saturated carbocycles. The summed E-state index contributed by atoms with van der Waals surface area (Å²) in [4.78, 5) is 30.3. The van der Waals surface area contributed by atoms with Crippen LogP contribution >= 0.6 is 0 Å². The summed E-state index contributed by atoms with van der Waals surface area (Å²) in [5, 5.41) is 24.6. The summed E-state index contributed by atoms with van der Waals surface area (Å²) < 4.78 is 4.90. The molecule has 1 aromatic carbocycles. The molecule has 21 heavy (non-hydrogen) atoms. The lowest BCUT2D eigenvalue weighted by Crippen LogP contribution is -2.05. The van der Waals surface area contributed by atoms with Crippen LogP contribution in [0.1, 0.15) is 23.7 Å². The maximum atomic E-state index is 11.2. The van der Waals surface area contributed by atoms with Crippen molar-refractivity contribution in [2.45, 2.75) is 13.3 Å². The molecule has 0 saturated heterocycles. The zero-order valence-corrected chi connectivity index (χ0v) is 11.4. The molecule has 0 unspecified atom stereocenters. The van der Waals surface area contributed by atoms with E-state index >= 15 is 0 Å². The van der Waals surface area contributed by atoms with Gasteiger partial charge in [-0.1, -0.05) is 6.92 Å². The van der Waals surface area contributed by atoms with Crippen LogP contribution in [0.3, 0.4) is 0 Å². The standard InChI is InChI=1S/C10H12O3.C4H4O4/c1-2-7-13-10(12)8-3-5-9(11)6-4-8;5-3(6)1-2-4(7)8/h3-6,11H,2,7H2,1H3;1-2H,(H,5,6)(H,7,8). The van der Waals surface area contributed by atoms with Gasteiger partial charge in [-0.3, -0.25) is 0 Å². The molecule has 3 N–H and O–H groups in total. The molecule has 0 spiro atoms. The van der Waals surface area contributed by atoms with E-state index in [-0.39, 0.29) is 11.7 Å². The Morgan fingerprint density at radius 3 is 1.90 bits per heavy atom. The van der Waals surface area contributed by atoms with Gasteiger partial charge in [0.25, 0.3) is 0 Å². The molecule has 0 fully saturated rings. The molecule has 1 rings (SSSR count). The van der Waals surface area contributed by atoms with E-state index in [1.807, 2.05) is 6.92 Å². The Morgan fingerprint density at radius 1 is 1.05 bits per heavy atom. The van der Waals surface area contributed by atoms with Crippen molar-refractivity contribution in [3.63, 3.8) is 0 Å². The van der Waals surface area contributed by atoms with Crippen LogP contribution in [-0.4, -0.2) is 39.8 Å². The van der Waals surface area contributed by atoms with Crippen LogP contribution in [0, 0.1) is 0 Å². The Balaban J connectivity index is 0.000000433. The van der Waals surface area contributed by atoms with Crippen LogP contribution in [0.5, 0.6) is 5.75 Å². The van der Waals surface area contributed by atoms with Gasteiger partial charge in [-0.15, -0.1) is 0 Å². The van der Waals surface area contributed by atoms with E-state index < -0.39 is 11.9 Å². The predicted molar refractivity (Wildman–Crippen MR) is 73.1 cm³/mol. The fraction of sp³-hybridized carbons (Fsp3) is 0.214. The summed E-state index contributed by atoms with van der Waals surface area (Å²) in [5.74, 6) is -2.71. The van der Waals surface area contributed by atoms with E-state index in [1.165, 1.54) is 24.3 Å². The first-order valence-electron chi connectivity index (χ1n) is 5.97. The summed E-state index contributed by atoms with van der Waals surface area (Å²) in [7, 11) is 0. The molecule has 0 atom stereocenters. The number of carboxylic acids is 2. The van der Waals surface area contributed by atoms with Crippen molar-refractivity contribution in [2.75, 3.05) is 6.61 Å². The molecule has 0 aliphatic heterocycles. The number of carbonyl (C=O) groups is 3. The third kappa shape index (κ3) is 9.71. The lowest BCUT2D eigenvalue weighted by Gasteiger charge is -2.02. The highest BCUT2D eigenvalue weighted by Crippen LogP contribution is 2.10. The summed E-state index contributed by atoms with van der Waals surface area (Å²) >= 11 is 0. The summed E-state index contributed by atoms with van der Waals surface area (Å²) in [5.41, 5.74) is 0.464.